The largest absolute Gasteiger partial charge is 0.372 e. The Bertz CT molecular complexity index is 831. The quantitative estimate of drug-likeness (QED) is 0.685. The third kappa shape index (κ3) is 6.80. The molecule has 0 saturated carbocycles. The van der Waals surface area contributed by atoms with Crippen molar-refractivity contribution in [1.29, 1.82) is 0 Å². The van der Waals surface area contributed by atoms with E-state index < -0.39 is 0 Å². The van der Waals surface area contributed by atoms with E-state index in [0.717, 1.165) is 29.9 Å². The average Bonchev–Trinajstić information content (AvgIpc) is 2.76. The summed E-state index contributed by atoms with van der Waals surface area (Å²) < 4.78 is 0. The van der Waals surface area contributed by atoms with Gasteiger partial charge in [0.15, 0.2) is 0 Å². The number of benzene rings is 2. The van der Waals surface area contributed by atoms with Crippen LogP contribution in [0.5, 0.6) is 0 Å². The van der Waals surface area contributed by atoms with Crippen molar-refractivity contribution >= 4 is 35.0 Å². The van der Waals surface area contributed by atoms with Crippen molar-refractivity contribution in [2.24, 2.45) is 0 Å². The van der Waals surface area contributed by atoms with Crippen molar-refractivity contribution in [2.75, 3.05) is 41.9 Å². The molecule has 0 bridgehead atoms. The molecule has 5 nitrogen and oxygen atoms in total. The fourth-order valence-electron chi connectivity index (χ4n) is 3.50. The molecule has 30 heavy (non-hydrogen) atoms. The monoisotopic (exact) mass is 425 g/mol. The minimum Gasteiger partial charge on any atom is -0.372 e. The summed E-state index contributed by atoms with van der Waals surface area (Å²) in [5.41, 5.74) is 4.32. The molecule has 2 aromatic rings. The Morgan fingerprint density at radius 1 is 0.967 bits per heavy atom. The van der Waals surface area contributed by atoms with Gasteiger partial charge in [-0.05, 0) is 56.0 Å². The van der Waals surface area contributed by atoms with Gasteiger partial charge in [-0.15, -0.1) is 11.8 Å². The number of carbonyl (C=O) groups is 2. The third-order valence-electron chi connectivity index (χ3n) is 5.30. The highest BCUT2D eigenvalue weighted by molar-refractivity contribution is 8.00. The van der Waals surface area contributed by atoms with E-state index in [9.17, 15) is 9.59 Å². The maximum atomic E-state index is 12.4. The van der Waals surface area contributed by atoms with Crippen LogP contribution in [0.25, 0.3) is 0 Å². The normalized spacial score (nSPS) is 13.7. The van der Waals surface area contributed by atoms with Crippen LogP contribution >= 0.6 is 11.8 Å². The van der Waals surface area contributed by atoms with Crippen LogP contribution in [-0.2, 0) is 16.1 Å². The minimum atomic E-state index is -0.0902. The van der Waals surface area contributed by atoms with Gasteiger partial charge in [-0.1, -0.05) is 29.8 Å². The van der Waals surface area contributed by atoms with Crippen LogP contribution in [0, 0.1) is 6.92 Å². The van der Waals surface area contributed by atoms with Crippen molar-refractivity contribution in [3.05, 3.63) is 59.7 Å². The van der Waals surface area contributed by atoms with Crippen molar-refractivity contribution in [1.82, 2.24) is 4.90 Å². The van der Waals surface area contributed by atoms with Gasteiger partial charge in [0, 0.05) is 38.1 Å². The zero-order chi connectivity index (χ0) is 21.3. The van der Waals surface area contributed by atoms with Crippen LogP contribution in [-0.4, -0.2) is 48.4 Å². The van der Waals surface area contributed by atoms with Crippen molar-refractivity contribution in [2.45, 2.75) is 32.7 Å². The van der Waals surface area contributed by atoms with Gasteiger partial charge in [-0.2, -0.15) is 0 Å². The minimum absolute atomic E-state index is 0.0308. The fourth-order valence-corrected chi connectivity index (χ4v) is 4.26. The van der Waals surface area contributed by atoms with Gasteiger partial charge in [0.1, 0.15) is 0 Å². The molecule has 1 fully saturated rings. The average molecular weight is 426 g/mol. The number of thioether (sulfide) groups is 1. The van der Waals surface area contributed by atoms with Crippen LogP contribution in [0.4, 0.5) is 11.4 Å². The Hall–Kier alpha value is -2.47. The second-order valence-corrected chi connectivity index (χ2v) is 8.86. The zero-order valence-corrected chi connectivity index (χ0v) is 18.7. The molecule has 0 atom stereocenters. The van der Waals surface area contributed by atoms with Gasteiger partial charge in [-0.3, -0.25) is 9.59 Å². The van der Waals surface area contributed by atoms with Gasteiger partial charge in [-0.25, -0.2) is 0 Å². The Labute approximate surface area is 183 Å². The molecule has 1 N–H and O–H groups in total. The highest BCUT2D eigenvalue weighted by atomic mass is 32.2. The summed E-state index contributed by atoms with van der Waals surface area (Å²) in [5, 5.41) is 2.86. The smallest absolute Gasteiger partial charge is 0.234 e. The maximum Gasteiger partial charge on any atom is 0.234 e. The standard InChI is InChI=1S/C24H31N3O2S/c1-19-6-10-21(11-7-19)25-23(28)17-30-18-24(29)26(2)16-20-8-12-22(13-9-20)27-14-4-3-5-15-27/h6-13H,3-5,14-18H2,1-2H3,(H,25,28). The molecule has 2 aromatic carbocycles. The van der Waals surface area contributed by atoms with E-state index in [0.29, 0.717) is 12.3 Å². The first-order chi connectivity index (χ1) is 14.5. The molecule has 160 valence electrons. The van der Waals surface area contributed by atoms with Crippen molar-refractivity contribution in [3.8, 4) is 0 Å². The van der Waals surface area contributed by atoms with E-state index in [1.54, 1.807) is 4.90 Å². The summed E-state index contributed by atoms with van der Waals surface area (Å²) in [6, 6.07) is 16.2. The fraction of sp³-hybridized carbons (Fsp3) is 0.417. The summed E-state index contributed by atoms with van der Waals surface area (Å²) >= 11 is 1.34. The second-order valence-electron chi connectivity index (χ2n) is 7.87. The van der Waals surface area contributed by atoms with Crippen molar-refractivity contribution in [3.63, 3.8) is 0 Å². The first kappa shape index (κ1) is 22.2. The van der Waals surface area contributed by atoms with E-state index in [1.165, 1.54) is 36.7 Å². The second kappa shape index (κ2) is 11.1. The summed E-state index contributed by atoms with van der Waals surface area (Å²) in [7, 11) is 1.81. The third-order valence-corrected chi connectivity index (χ3v) is 6.21. The van der Waals surface area contributed by atoms with E-state index in [1.807, 2.05) is 38.2 Å². The first-order valence-electron chi connectivity index (χ1n) is 10.5. The number of carbonyl (C=O) groups excluding carboxylic acids is 2. The van der Waals surface area contributed by atoms with Gasteiger partial charge in [0.25, 0.3) is 0 Å². The molecule has 0 radical (unpaired) electrons. The summed E-state index contributed by atoms with van der Waals surface area (Å²) in [6.07, 6.45) is 3.85. The Morgan fingerprint density at radius 2 is 1.63 bits per heavy atom. The van der Waals surface area contributed by atoms with Gasteiger partial charge in [0.05, 0.1) is 11.5 Å². The molecule has 0 unspecified atom stereocenters. The molecule has 0 aliphatic carbocycles. The zero-order valence-electron chi connectivity index (χ0n) is 17.9. The number of rotatable bonds is 8. The summed E-state index contributed by atoms with van der Waals surface area (Å²) in [5.74, 6) is 0.498. The molecule has 2 amide bonds. The number of piperidine rings is 1. The molecule has 0 aromatic heterocycles. The molecule has 3 rings (SSSR count). The number of hydrogen-bond donors (Lipinski definition) is 1. The SMILES string of the molecule is Cc1ccc(NC(=O)CSCC(=O)N(C)Cc2ccc(N3CCCCC3)cc2)cc1. The molecule has 0 spiro atoms. The number of hydrogen-bond acceptors (Lipinski definition) is 4. The molecule has 1 aliphatic rings. The number of nitrogens with one attached hydrogen (secondary N) is 1. The number of aryl methyl sites for hydroxylation is 1. The predicted molar refractivity (Wildman–Crippen MR) is 126 cm³/mol. The van der Waals surface area contributed by atoms with Crippen LogP contribution in [0.2, 0.25) is 0 Å². The van der Waals surface area contributed by atoms with Crippen LogP contribution in [0.15, 0.2) is 48.5 Å². The van der Waals surface area contributed by atoms with E-state index in [-0.39, 0.29) is 17.6 Å². The Balaban J connectivity index is 1.38. The van der Waals surface area contributed by atoms with Gasteiger partial charge < -0.3 is 15.1 Å². The molecule has 1 heterocycles. The molecular formula is C24H31N3O2S. The number of amides is 2. The van der Waals surface area contributed by atoms with Crippen LogP contribution in [0.3, 0.4) is 0 Å². The lowest BCUT2D eigenvalue weighted by atomic mass is 10.1. The van der Waals surface area contributed by atoms with Gasteiger partial charge in [0.2, 0.25) is 11.8 Å². The van der Waals surface area contributed by atoms with E-state index in [2.05, 4.69) is 34.5 Å². The molecule has 1 aliphatic heterocycles. The van der Waals surface area contributed by atoms with Gasteiger partial charge >= 0.3 is 0 Å². The predicted octanol–water partition coefficient (Wildman–Crippen LogP) is 4.32. The number of nitrogens with zero attached hydrogens (tertiary/aromatic N) is 2. The first-order valence-corrected chi connectivity index (χ1v) is 11.7. The molecule has 1 saturated heterocycles. The van der Waals surface area contributed by atoms with E-state index in [4.69, 9.17) is 0 Å². The van der Waals surface area contributed by atoms with E-state index >= 15 is 0 Å². The lowest BCUT2D eigenvalue weighted by molar-refractivity contribution is -0.127. The molecular weight excluding hydrogens is 394 g/mol. The Kier molecular flexibility index (Phi) is 8.20. The van der Waals surface area contributed by atoms with Crippen molar-refractivity contribution < 1.29 is 9.59 Å². The molecule has 6 heteroatoms. The summed E-state index contributed by atoms with van der Waals surface area (Å²) in [6.45, 7) is 4.85. The highest BCUT2D eigenvalue weighted by Crippen LogP contribution is 2.20. The summed E-state index contributed by atoms with van der Waals surface area (Å²) in [4.78, 5) is 28.6. The number of anilines is 2. The van der Waals surface area contributed by atoms with Crippen LogP contribution < -0.4 is 10.2 Å². The Morgan fingerprint density at radius 3 is 2.30 bits per heavy atom. The maximum absolute atomic E-state index is 12.4. The lowest BCUT2D eigenvalue weighted by Crippen LogP contribution is -2.29. The highest BCUT2D eigenvalue weighted by Gasteiger charge is 2.13. The van der Waals surface area contributed by atoms with Crippen LogP contribution in [0.1, 0.15) is 30.4 Å². The lowest BCUT2D eigenvalue weighted by Gasteiger charge is -2.29. The topological polar surface area (TPSA) is 52.7 Å².